The van der Waals surface area contributed by atoms with Crippen LogP contribution in [0.4, 0.5) is 0 Å². The molecule has 0 spiro atoms. The maximum atomic E-state index is 12.1. The van der Waals surface area contributed by atoms with Crippen LogP contribution in [0.3, 0.4) is 0 Å². The lowest BCUT2D eigenvalue weighted by atomic mass is 10.1. The summed E-state index contributed by atoms with van der Waals surface area (Å²) in [5, 5.41) is 12.0. The molecule has 1 amide bonds. The average molecular weight is 311 g/mol. The highest BCUT2D eigenvalue weighted by Crippen LogP contribution is 2.17. The van der Waals surface area contributed by atoms with E-state index in [2.05, 4.69) is 33.9 Å². The van der Waals surface area contributed by atoms with Gasteiger partial charge in [0.25, 0.3) is 5.91 Å². The quantitative estimate of drug-likeness (QED) is 0.758. The third-order valence-corrected chi connectivity index (χ3v) is 4.58. The van der Waals surface area contributed by atoms with Gasteiger partial charge in [0.15, 0.2) is 0 Å². The molecule has 3 rings (SSSR count). The molecule has 2 aromatic heterocycles. The Hall–Kier alpha value is -2.40. The second-order valence-corrected chi connectivity index (χ2v) is 6.07. The first-order chi connectivity index (χ1) is 10.7. The van der Waals surface area contributed by atoms with Crippen LogP contribution in [0.2, 0.25) is 0 Å². The summed E-state index contributed by atoms with van der Waals surface area (Å²) in [6.45, 7) is 2.72. The minimum absolute atomic E-state index is 0.121. The van der Waals surface area contributed by atoms with Crippen LogP contribution < -0.4 is 5.32 Å². The Morgan fingerprint density at radius 3 is 2.82 bits per heavy atom. The van der Waals surface area contributed by atoms with E-state index in [-0.39, 0.29) is 5.91 Å². The zero-order chi connectivity index (χ0) is 15.4. The Balaban J connectivity index is 1.59. The number of aromatic nitrogens is 2. The number of hydrogen-bond acceptors (Lipinski definition) is 3. The second kappa shape index (κ2) is 6.58. The minimum Gasteiger partial charge on any atom is -0.350 e. The summed E-state index contributed by atoms with van der Waals surface area (Å²) in [6.07, 6.45) is 0.856. The maximum absolute atomic E-state index is 12.1. The molecule has 0 atom stereocenters. The summed E-state index contributed by atoms with van der Waals surface area (Å²) < 4.78 is 0. The molecule has 0 saturated carbocycles. The Kier molecular flexibility index (Phi) is 4.34. The van der Waals surface area contributed by atoms with Gasteiger partial charge < -0.3 is 5.32 Å². The van der Waals surface area contributed by atoms with Crippen molar-refractivity contribution in [3.63, 3.8) is 0 Å². The summed E-state index contributed by atoms with van der Waals surface area (Å²) in [7, 11) is 0. The first-order valence-electron chi connectivity index (χ1n) is 7.16. The molecule has 0 radical (unpaired) electrons. The first-order valence-corrected chi connectivity index (χ1v) is 8.04. The molecule has 3 aromatic rings. The van der Waals surface area contributed by atoms with E-state index >= 15 is 0 Å². The van der Waals surface area contributed by atoms with Crippen molar-refractivity contribution in [2.24, 2.45) is 0 Å². The molecule has 0 fully saturated rings. The number of thiophene rings is 1. The molecule has 112 valence electrons. The molecule has 0 saturated heterocycles. The SMILES string of the molecule is Cc1ccsc1CCNC(=O)c1cc(-c2ccccc2)n[nH]1. The minimum atomic E-state index is -0.121. The Bertz CT molecular complexity index is 761. The molecule has 0 aliphatic rings. The van der Waals surface area contributed by atoms with Crippen LogP contribution in [-0.4, -0.2) is 22.6 Å². The van der Waals surface area contributed by atoms with Crippen molar-refractivity contribution >= 4 is 17.2 Å². The lowest BCUT2D eigenvalue weighted by Crippen LogP contribution is -2.25. The smallest absolute Gasteiger partial charge is 0.269 e. The highest BCUT2D eigenvalue weighted by molar-refractivity contribution is 7.10. The first kappa shape index (κ1) is 14.5. The van der Waals surface area contributed by atoms with Crippen molar-refractivity contribution in [1.82, 2.24) is 15.5 Å². The van der Waals surface area contributed by atoms with Crippen molar-refractivity contribution in [2.75, 3.05) is 6.54 Å². The lowest BCUT2D eigenvalue weighted by molar-refractivity contribution is 0.0949. The predicted octanol–water partition coefficient (Wildman–Crippen LogP) is 3.42. The second-order valence-electron chi connectivity index (χ2n) is 5.07. The fourth-order valence-electron chi connectivity index (χ4n) is 2.24. The van der Waals surface area contributed by atoms with E-state index in [0.717, 1.165) is 17.7 Å². The summed E-state index contributed by atoms with van der Waals surface area (Å²) in [5.41, 5.74) is 3.54. The normalized spacial score (nSPS) is 10.6. The molecular formula is C17H17N3OS. The third kappa shape index (κ3) is 3.26. The van der Waals surface area contributed by atoms with Gasteiger partial charge in [-0.25, -0.2) is 0 Å². The number of carbonyl (C=O) groups is 1. The summed E-state index contributed by atoms with van der Waals surface area (Å²) in [5.74, 6) is -0.121. The number of nitrogens with zero attached hydrogens (tertiary/aromatic N) is 1. The highest BCUT2D eigenvalue weighted by Gasteiger charge is 2.10. The van der Waals surface area contributed by atoms with Crippen molar-refractivity contribution in [3.8, 4) is 11.3 Å². The van der Waals surface area contributed by atoms with Gasteiger partial charge in [-0.15, -0.1) is 11.3 Å². The van der Waals surface area contributed by atoms with Gasteiger partial charge in [0.1, 0.15) is 5.69 Å². The molecule has 2 N–H and O–H groups in total. The van der Waals surface area contributed by atoms with Gasteiger partial charge in [0.2, 0.25) is 0 Å². The monoisotopic (exact) mass is 311 g/mol. The standard InChI is InChI=1S/C17H17N3OS/c1-12-8-10-22-16(12)7-9-18-17(21)15-11-14(19-20-15)13-5-3-2-4-6-13/h2-6,8,10-11H,7,9H2,1H3,(H,18,21)(H,19,20). The lowest BCUT2D eigenvalue weighted by Gasteiger charge is -2.02. The van der Waals surface area contributed by atoms with E-state index in [0.29, 0.717) is 12.2 Å². The summed E-state index contributed by atoms with van der Waals surface area (Å²) in [6, 6.07) is 13.7. The molecule has 1 aromatic carbocycles. The number of benzene rings is 1. The van der Waals surface area contributed by atoms with Gasteiger partial charge in [-0.2, -0.15) is 5.10 Å². The van der Waals surface area contributed by atoms with Crippen LogP contribution in [-0.2, 0) is 6.42 Å². The number of nitrogens with one attached hydrogen (secondary N) is 2. The Morgan fingerprint density at radius 2 is 2.09 bits per heavy atom. The molecular weight excluding hydrogens is 294 g/mol. The number of aromatic amines is 1. The predicted molar refractivity (Wildman–Crippen MR) is 89.1 cm³/mol. The largest absolute Gasteiger partial charge is 0.350 e. The molecule has 2 heterocycles. The van der Waals surface area contributed by atoms with Crippen LogP contribution in [0.25, 0.3) is 11.3 Å². The topological polar surface area (TPSA) is 57.8 Å². The Morgan fingerprint density at radius 1 is 1.27 bits per heavy atom. The van der Waals surface area contributed by atoms with Gasteiger partial charge in [-0.1, -0.05) is 30.3 Å². The van der Waals surface area contributed by atoms with Crippen molar-refractivity contribution in [2.45, 2.75) is 13.3 Å². The van der Waals surface area contributed by atoms with E-state index in [1.807, 2.05) is 30.3 Å². The molecule has 0 aliphatic carbocycles. The molecule has 5 heteroatoms. The number of amides is 1. The molecule has 22 heavy (non-hydrogen) atoms. The van der Waals surface area contributed by atoms with E-state index in [4.69, 9.17) is 0 Å². The van der Waals surface area contributed by atoms with Crippen LogP contribution in [0.15, 0.2) is 47.8 Å². The third-order valence-electron chi connectivity index (χ3n) is 3.50. The van der Waals surface area contributed by atoms with Gasteiger partial charge in [-0.3, -0.25) is 9.89 Å². The van der Waals surface area contributed by atoms with Crippen LogP contribution in [0, 0.1) is 6.92 Å². The maximum Gasteiger partial charge on any atom is 0.269 e. The summed E-state index contributed by atoms with van der Waals surface area (Å²) >= 11 is 1.73. The van der Waals surface area contributed by atoms with Crippen LogP contribution in [0.1, 0.15) is 20.9 Å². The van der Waals surface area contributed by atoms with Crippen molar-refractivity contribution in [1.29, 1.82) is 0 Å². The number of carbonyl (C=O) groups excluding carboxylic acids is 1. The van der Waals surface area contributed by atoms with Crippen LogP contribution in [0.5, 0.6) is 0 Å². The fourth-order valence-corrected chi connectivity index (χ4v) is 3.15. The van der Waals surface area contributed by atoms with E-state index in [1.165, 1.54) is 10.4 Å². The number of H-pyrrole nitrogens is 1. The van der Waals surface area contributed by atoms with Crippen molar-refractivity contribution in [3.05, 3.63) is 64.0 Å². The van der Waals surface area contributed by atoms with E-state index in [9.17, 15) is 4.79 Å². The van der Waals surface area contributed by atoms with Crippen molar-refractivity contribution < 1.29 is 4.79 Å². The molecule has 0 bridgehead atoms. The van der Waals surface area contributed by atoms with E-state index in [1.54, 1.807) is 17.4 Å². The highest BCUT2D eigenvalue weighted by atomic mass is 32.1. The van der Waals surface area contributed by atoms with E-state index < -0.39 is 0 Å². The average Bonchev–Trinajstić information content (AvgIpc) is 3.18. The molecule has 0 aliphatic heterocycles. The van der Waals surface area contributed by atoms with Gasteiger partial charge in [0, 0.05) is 17.0 Å². The molecule has 4 nitrogen and oxygen atoms in total. The van der Waals surface area contributed by atoms with Crippen LogP contribution >= 0.6 is 11.3 Å². The summed E-state index contributed by atoms with van der Waals surface area (Å²) in [4.78, 5) is 13.4. The van der Waals surface area contributed by atoms with Gasteiger partial charge in [-0.05, 0) is 36.4 Å². The Labute approximate surface area is 133 Å². The zero-order valence-corrected chi connectivity index (χ0v) is 13.1. The van der Waals surface area contributed by atoms with Gasteiger partial charge >= 0.3 is 0 Å². The fraction of sp³-hybridized carbons (Fsp3) is 0.176. The number of hydrogen-bond donors (Lipinski definition) is 2. The number of rotatable bonds is 5. The number of aryl methyl sites for hydroxylation is 1. The zero-order valence-electron chi connectivity index (χ0n) is 12.3. The van der Waals surface area contributed by atoms with Gasteiger partial charge in [0.05, 0.1) is 5.69 Å². The molecule has 0 unspecified atom stereocenters.